The molecular weight excluding hydrogens is 459 g/mol. The Morgan fingerprint density at radius 3 is 2.57 bits per heavy atom. The third-order valence-corrected chi connectivity index (χ3v) is 5.59. The van der Waals surface area contributed by atoms with Crippen molar-refractivity contribution in [3.8, 4) is 0 Å². The Labute approximate surface area is 208 Å². The highest BCUT2D eigenvalue weighted by Crippen LogP contribution is 2.30. The summed E-state index contributed by atoms with van der Waals surface area (Å²) in [6.07, 6.45) is 7.09. The molecule has 6 nitrogen and oxygen atoms in total. The van der Waals surface area contributed by atoms with Crippen LogP contribution in [0, 0.1) is 0 Å². The summed E-state index contributed by atoms with van der Waals surface area (Å²) >= 11 is 0. The first-order valence-corrected chi connectivity index (χ1v) is 12.6. The van der Waals surface area contributed by atoms with Gasteiger partial charge in [0.25, 0.3) is 0 Å². The number of carbonyl (C=O) groups excluding carboxylic acids is 1. The predicted octanol–water partition coefficient (Wildman–Crippen LogP) is 5.16. The molecule has 35 heavy (non-hydrogen) atoms. The Bertz CT molecular complexity index is 759. The Hall–Kier alpha value is -1.97. The largest absolute Gasteiger partial charge is 0.417 e. The average molecular weight is 502 g/mol. The zero-order valence-corrected chi connectivity index (χ0v) is 21.7. The molecule has 4 rings (SSSR count). The van der Waals surface area contributed by atoms with E-state index in [1.54, 1.807) is 7.11 Å². The number of allylic oxidation sites excluding steroid dienone is 1. The van der Waals surface area contributed by atoms with Crippen LogP contribution in [0.15, 0.2) is 24.4 Å². The number of methoxy groups -OCH3 is 1. The lowest BCUT2D eigenvalue weighted by Gasteiger charge is -2.32. The number of ether oxygens (including phenoxy) is 2. The number of hydrogen-bond donors (Lipinski definition) is 1. The van der Waals surface area contributed by atoms with Crippen LogP contribution in [0.2, 0.25) is 0 Å². The average Bonchev–Trinajstić information content (AvgIpc) is 3.38. The molecule has 1 fully saturated rings. The standard InChI is InChI=1S/C11H19NO2.C10H9F3N2O.C3H8.C2H6/c1-13-11-8-14-7-6-10(11)12-9-4-2-3-5-9;11-10(12,13)8-3-7-5-15(6-16)2-1-9(7)14-4-8;1-3-2;1-2/h2,4,9-12H,3,5-8H2,1H3;3-4,6H,1-2,5H2;3H2,1-2H3;1-2H3. The number of alkyl halides is 3. The van der Waals surface area contributed by atoms with Crippen LogP contribution in [-0.2, 0) is 33.4 Å². The van der Waals surface area contributed by atoms with Crippen LogP contribution in [0.3, 0.4) is 0 Å². The van der Waals surface area contributed by atoms with E-state index in [-0.39, 0.29) is 12.6 Å². The summed E-state index contributed by atoms with van der Waals surface area (Å²) in [7, 11) is 1.76. The lowest BCUT2D eigenvalue weighted by Crippen LogP contribution is -2.50. The van der Waals surface area contributed by atoms with Crippen molar-refractivity contribution in [3.05, 3.63) is 41.2 Å². The highest BCUT2D eigenvalue weighted by molar-refractivity contribution is 5.48. The van der Waals surface area contributed by atoms with E-state index < -0.39 is 11.7 Å². The van der Waals surface area contributed by atoms with E-state index in [0.29, 0.717) is 42.7 Å². The third kappa shape index (κ3) is 10.7. The van der Waals surface area contributed by atoms with E-state index in [4.69, 9.17) is 9.47 Å². The van der Waals surface area contributed by atoms with Gasteiger partial charge in [0.15, 0.2) is 0 Å². The number of pyridine rings is 1. The van der Waals surface area contributed by atoms with Crippen LogP contribution in [-0.4, -0.2) is 61.3 Å². The van der Waals surface area contributed by atoms with Gasteiger partial charge in [-0.3, -0.25) is 9.78 Å². The monoisotopic (exact) mass is 501 g/mol. The first-order valence-electron chi connectivity index (χ1n) is 12.6. The Morgan fingerprint density at radius 2 is 2.00 bits per heavy atom. The van der Waals surface area contributed by atoms with Crippen molar-refractivity contribution in [1.82, 2.24) is 15.2 Å². The number of amides is 1. The number of carbonyl (C=O) groups is 1. The first kappa shape index (κ1) is 31.1. The molecule has 1 amide bonds. The van der Waals surface area contributed by atoms with Gasteiger partial charge in [0, 0.05) is 57.2 Å². The number of nitrogens with one attached hydrogen (secondary N) is 1. The molecule has 3 atom stereocenters. The molecule has 9 heteroatoms. The topological polar surface area (TPSA) is 63.7 Å². The maximum Gasteiger partial charge on any atom is 0.417 e. The number of aromatic nitrogens is 1. The molecule has 3 aliphatic rings. The van der Waals surface area contributed by atoms with E-state index in [9.17, 15) is 18.0 Å². The molecule has 1 saturated heterocycles. The van der Waals surface area contributed by atoms with Crippen LogP contribution in [0.4, 0.5) is 13.2 Å². The second-order valence-corrected chi connectivity index (χ2v) is 8.38. The lowest BCUT2D eigenvalue weighted by atomic mass is 10.0. The van der Waals surface area contributed by atoms with Crippen LogP contribution in [0.1, 0.15) is 70.2 Å². The molecule has 1 N–H and O–H groups in total. The van der Waals surface area contributed by atoms with Crippen LogP contribution in [0.25, 0.3) is 0 Å². The fraction of sp³-hybridized carbons (Fsp3) is 0.692. The molecule has 0 bridgehead atoms. The minimum Gasteiger partial charge on any atom is -0.379 e. The van der Waals surface area contributed by atoms with Crippen LogP contribution in [0.5, 0.6) is 0 Å². The number of rotatable bonds is 4. The third-order valence-electron chi connectivity index (χ3n) is 5.59. The first-order chi connectivity index (χ1) is 16.8. The molecule has 0 radical (unpaired) electrons. The summed E-state index contributed by atoms with van der Waals surface area (Å²) < 4.78 is 48.0. The molecule has 0 spiro atoms. The van der Waals surface area contributed by atoms with Crippen molar-refractivity contribution in [2.75, 3.05) is 26.9 Å². The van der Waals surface area contributed by atoms with Crippen molar-refractivity contribution in [2.45, 2.75) is 90.7 Å². The highest BCUT2D eigenvalue weighted by Gasteiger charge is 2.32. The number of hydrogen-bond acceptors (Lipinski definition) is 5. The smallest absolute Gasteiger partial charge is 0.379 e. The molecule has 0 aromatic carbocycles. The van der Waals surface area contributed by atoms with Gasteiger partial charge < -0.3 is 19.7 Å². The summed E-state index contributed by atoms with van der Waals surface area (Å²) in [5.41, 5.74) is 0.360. The van der Waals surface area contributed by atoms with Crippen molar-refractivity contribution < 1.29 is 27.4 Å². The summed E-state index contributed by atoms with van der Waals surface area (Å²) in [5.74, 6) is 0. The summed E-state index contributed by atoms with van der Waals surface area (Å²) in [6, 6.07) is 2.08. The maximum absolute atomic E-state index is 12.4. The molecule has 0 saturated carbocycles. The molecular formula is C26H42F3N3O3. The second kappa shape index (κ2) is 16.7. The minimum absolute atomic E-state index is 0.204. The molecule has 200 valence electrons. The van der Waals surface area contributed by atoms with Gasteiger partial charge >= 0.3 is 6.18 Å². The van der Waals surface area contributed by atoms with Gasteiger partial charge in [0.05, 0.1) is 18.3 Å². The van der Waals surface area contributed by atoms with Gasteiger partial charge in [-0.1, -0.05) is 46.3 Å². The SMILES string of the molecule is CC.CCC.COC1COCCC1NC1C=CCC1.O=CN1CCc2ncc(C(F)(F)F)cc2C1. The van der Waals surface area contributed by atoms with Gasteiger partial charge in [-0.25, -0.2) is 0 Å². The zero-order chi connectivity index (χ0) is 26.3. The van der Waals surface area contributed by atoms with E-state index in [2.05, 4.69) is 36.3 Å². The van der Waals surface area contributed by atoms with E-state index >= 15 is 0 Å². The minimum atomic E-state index is -4.38. The Morgan fingerprint density at radius 1 is 1.29 bits per heavy atom. The highest BCUT2D eigenvalue weighted by atomic mass is 19.4. The van der Waals surface area contributed by atoms with Crippen molar-refractivity contribution in [2.24, 2.45) is 0 Å². The van der Waals surface area contributed by atoms with E-state index in [1.807, 2.05) is 13.8 Å². The van der Waals surface area contributed by atoms with Gasteiger partial charge in [-0.05, 0) is 30.9 Å². The van der Waals surface area contributed by atoms with Crippen LogP contribution >= 0.6 is 0 Å². The Kier molecular flexibility index (Phi) is 14.8. The van der Waals surface area contributed by atoms with Gasteiger partial charge in [0.1, 0.15) is 0 Å². The van der Waals surface area contributed by atoms with Gasteiger partial charge in [-0.2, -0.15) is 13.2 Å². The second-order valence-electron chi connectivity index (χ2n) is 8.38. The molecule has 1 aromatic rings. The summed E-state index contributed by atoms with van der Waals surface area (Å²) in [4.78, 5) is 15.8. The molecule has 1 aromatic heterocycles. The normalized spacial score (nSPS) is 23.0. The number of fused-ring (bicyclic) bond motifs is 1. The fourth-order valence-electron chi connectivity index (χ4n) is 3.87. The molecule has 1 aliphatic carbocycles. The summed E-state index contributed by atoms with van der Waals surface area (Å²) in [6.45, 7) is 10.5. The molecule has 3 unspecified atom stereocenters. The maximum atomic E-state index is 12.4. The van der Waals surface area contributed by atoms with E-state index in [0.717, 1.165) is 31.9 Å². The van der Waals surface area contributed by atoms with Crippen LogP contribution < -0.4 is 5.32 Å². The number of nitrogens with zero attached hydrogens (tertiary/aromatic N) is 2. The Balaban J connectivity index is 0.000000298. The predicted molar refractivity (Wildman–Crippen MR) is 132 cm³/mol. The summed E-state index contributed by atoms with van der Waals surface area (Å²) in [5, 5.41) is 3.63. The van der Waals surface area contributed by atoms with Crippen molar-refractivity contribution >= 4 is 6.41 Å². The van der Waals surface area contributed by atoms with Crippen molar-refractivity contribution in [1.29, 1.82) is 0 Å². The quantitative estimate of drug-likeness (QED) is 0.456. The fourth-order valence-corrected chi connectivity index (χ4v) is 3.87. The van der Waals surface area contributed by atoms with Gasteiger partial charge in [0.2, 0.25) is 6.41 Å². The van der Waals surface area contributed by atoms with E-state index in [1.165, 1.54) is 24.2 Å². The molecule has 3 heterocycles. The lowest BCUT2D eigenvalue weighted by molar-refractivity contribution is -0.137. The van der Waals surface area contributed by atoms with Crippen molar-refractivity contribution in [3.63, 3.8) is 0 Å². The number of halogens is 3. The van der Waals surface area contributed by atoms with Gasteiger partial charge in [-0.15, -0.1) is 0 Å². The zero-order valence-electron chi connectivity index (χ0n) is 21.7. The molecule has 2 aliphatic heterocycles.